The summed E-state index contributed by atoms with van der Waals surface area (Å²) in [6.45, 7) is 10.6. The van der Waals surface area contributed by atoms with E-state index < -0.39 is 0 Å². The van der Waals surface area contributed by atoms with E-state index in [-0.39, 0.29) is 5.41 Å². The monoisotopic (exact) mass is 244 g/mol. The van der Waals surface area contributed by atoms with E-state index in [1.807, 2.05) is 0 Å². The molecule has 0 bridgehead atoms. The number of fused-ring (bicyclic) bond motifs is 1. The molecular weight excluding hydrogens is 220 g/mol. The first-order chi connectivity index (χ1) is 8.74. The predicted octanol–water partition coefficient (Wildman–Crippen LogP) is 2.56. The third-order valence-corrected chi connectivity index (χ3v) is 3.96. The summed E-state index contributed by atoms with van der Waals surface area (Å²) in [4.78, 5) is 0. The molecule has 1 aromatic rings. The minimum atomic E-state index is 0.128. The Morgan fingerprint density at radius 2 is 1.61 bits per heavy atom. The van der Waals surface area contributed by atoms with Crippen molar-refractivity contribution in [3.05, 3.63) is 41.0 Å². The Morgan fingerprint density at radius 3 is 2.22 bits per heavy atom. The summed E-state index contributed by atoms with van der Waals surface area (Å²) in [6.07, 6.45) is 2.34. The molecule has 0 radical (unpaired) electrons. The van der Waals surface area contributed by atoms with Gasteiger partial charge in [-0.25, -0.2) is 0 Å². The lowest BCUT2D eigenvalue weighted by atomic mass is 9.77. The van der Waals surface area contributed by atoms with Crippen molar-refractivity contribution in [1.29, 1.82) is 0 Å². The zero-order chi connectivity index (χ0) is 13.0. The highest BCUT2D eigenvalue weighted by Gasteiger charge is 2.38. The van der Waals surface area contributed by atoms with Gasteiger partial charge in [0.2, 0.25) is 0 Å². The van der Waals surface area contributed by atoms with Gasteiger partial charge in [0.1, 0.15) is 0 Å². The van der Waals surface area contributed by atoms with Gasteiger partial charge in [-0.15, -0.1) is 0 Å². The van der Waals surface area contributed by atoms with E-state index in [9.17, 15) is 0 Å². The molecule has 0 heterocycles. The van der Waals surface area contributed by atoms with Crippen molar-refractivity contribution in [3.8, 4) is 0 Å². The van der Waals surface area contributed by atoms with Gasteiger partial charge in [-0.2, -0.15) is 0 Å². The van der Waals surface area contributed by atoms with Gasteiger partial charge in [0, 0.05) is 18.5 Å². The van der Waals surface area contributed by atoms with Gasteiger partial charge in [-0.3, -0.25) is 0 Å². The van der Waals surface area contributed by atoms with Crippen LogP contribution < -0.4 is 10.6 Å². The molecule has 0 spiro atoms. The van der Waals surface area contributed by atoms with Crippen molar-refractivity contribution in [2.45, 2.75) is 26.2 Å². The molecule has 0 fully saturated rings. The van der Waals surface area contributed by atoms with Crippen LogP contribution in [0.5, 0.6) is 0 Å². The molecular formula is C16H24N2. The standard InChI is InChI=1S/C16H24N2/c1-4-17-11-16(12-18-5-2)13(3)10-14-8-6-7-9-15(14)16/h6-10,17-18H,4-5,11-12H2,1-3H3. The van der Waals surface area contributed by atoms with E-state index in [0.717, 1.165) is 26.2 Å². The van der Waals surface area contributed by atoms with E-state index in [0.29, 0.717) is 0 Å². The molecule has 1 aliphatic rings. The van der Waals surface area contributed by atoms with Crippen LogP contribution in [0, 0.1) is 0 Å². The van der Waals surface area contributed by atoms with Gasteiger partial charge in [-0.1, -0.05) is 49.8 Å². The quantitative estimate of drug-likeness (QED) is 0.803. The number of likely N-dealkylation sites (N-methyl/N-ethyl adjacent to an activating group) is 2. The summed E-state index contributed by atoms with van der Waals surface area (Å²) in [6, 6.07) is 8.77. The molecule has 0 unspecified atom stereocenters. The topological polar surface area (TPSA) is 24.1 Å². The zero-order valence-electron chi connectivity index (χ0n) is 11.7. The van der Waals surface area contributed by atoms with Gasteiger partial charge in [-0.05, 0) is 31.1 Å². The first-order valence-electron chi connectivity index (χ1n) is 6.94. The molecule has 0 atom stereocenters. The van der Waals surface area contributed by atoms with Gasteiger partial charge in [0.05, 0.1) is 0 Å². The van der Waals surface area contributed by atoms with Crippen LogP contribution in [0.4, 0.5) is 0 Å². The molecule has 0 aliphatic heterocycles. The lowest BCUT2D eigenvalue weighted by molar-refractivity contribution is 0.439. The summed E-state index contributed by atoms with van der Waals surface area (Å²) in [5, 5.41) is 7.06. The highest BCUT2D eigenvalue weighted by Crippen LogP contribution is 2.40. The summed E-state index contributed by atoms with van der Waals surface area (Å²) in [7, 11) is 0. The summed E-state index contributed by atoms with van der Waals surface area (Å²) in [5.41, 5.74) is 4.43. The summed E-state index contributed by atoms with van der Waals surface area (Å²) < 4.78 is 0. The number of hydrogen-bond donors (Lipinski definition) is 2. The smallest absolute Gasteiger partial charge is 0.0417 e. The highest BCUT2D eigenvalue weighted by molar-refractivity contribution is 5.69. The molecule has 0 amide bonds. The van der Waals surface area contributed by atoms with Crippen LogP contribution in [-0.4, -0.2) is 26.2 Å². The maximum atomic E-state index is 3.53. The van der Waals surface area contributed by atoms with Crippen LogP contribution in [0.15, 0.2) is 29.8 Å². The first-order valence-corrected chi connectivity index (χ1v) is 6.94. The lowest BCUT2D eigenvalue weighted by Gasteiger charge is -2.33. The largest absolute Gasteiger partial charge is 0.316 e. The van der Waals surface area contributed by atoms with Crippen LogP contribution in [0.1, 0.15) is 31.9 Å². The fraction of sp³-hybridized carbons (Fsp3) is 0.500. The van der Waals surface area contributed by atoms with E-state index in [1.54, 1.807) is 0 Å². The van der Waals surface area contributed by atoms with Gasteiger partial charge >= 0.3 is 0 Å². The number of benzene rings is 1. The van der Waals surface area contributed by atoms with Gasteiger partial charge < -0.3 is 10.6 Å². The van der Waals surface area contributed by atoms with Crippen LogP contribution in [-0.2, 0) is 5.41 Å². The molecule has 2 N–H and O–H groups in total. The average Bonchev–Trinajstić information content (AvgIpc) is 2.67. The van der Waals surface area contributed by atoms with Gasteiger partial charge in [0.15, 0.2) is 0 Å². The molecule has 2 rings (SSSR count). The predicted molar refractivity (Wildman–Crippen MR) is 78.9 cm³/mol. The summed E-state index contributed by atoms with van der Waals surface area (Å²) >= 11 is 0. The Labute approximate surface area is 110 Å². The second kappa shape index (κ2) is 5.68. The van der Waals surface area contributed by atoms with E-state index in [4.69, 9.17) is 0 Å². The molecule has 0 saturated carbocycles. The Kier molecular flexibility index (Phi) is 4.20. The maximum Gasteiger partial charge on any atom is 0.0417 e. The van der Waals surface area contributed by atoms with Crippen molar-refractivity contribution in [2.75, 3.05) is 26.2 Å². The van der Waals surface area contributed by atoms with Crippen molar-refractivity contribution in [1.82, 2.24) is 10.6 Å². The van der Waals surface area contributed by atoms with Crippen molar-refractivity contribution < 1.29 is 0 Å². The van der Waals surface area contributed by atoms with Crippen LogP contribution in [0.3, 0.4) is 0 Å². The average molecular weight is 244 g/mol. The second-order valence-corrected chi connectivity index (χ2v) is 5.06. The third kappa shape index (κ3) is 2.23. The Hall–Kier alpha value is -1.12. The highest BCUT2D eigenvalue weighted by atomic mass is 14.9. The minimum absolute atomic E-state index is 0.128. The van der Waals surface area contributed by atoms with Crippen LogP contribution in [0.2, 0.25) is 0 Å². The first kappa shape index (κ1) is 13.3. The van der Waals surface area contributed by atoms with Crippen molar-refractivity contribution in [2.24, 2.45) is 0 Å². The fourth-order valence-electron chi connectivity index (χ4n) is 2.85. The molecule has 2 nitrogen and oxygen atoms in total. The van der Waals surface area contributed by atoms with E-state index in [2.05, 4.69) is 61.7 Å². The molecule has 18 heavy (non-hydrogen) atoms. The minimum Gasteiger partial charge on any atom is -0.316 e. The van der Waals surface area contributed by atoms with Crippen molar-refractivity contribution >= 4 is 6.08 Å². The fourth-order valence-corrected chi connectivity index (χ4v) is 2.85. The van der Waals surface area contributed by atoms with E-state index in [1.165, 1.54) is 16.7 Å². The third-order valence-electron chi connectivity index (χ3n) is 3.96. The maximum absolute atomic E-state index is 3.53. The zero-order valence-corrected chi connectivity index (χ0v) is 11.7. The van der Waals surface area contributed by atoms with E-state index >= 15 is 0 Å². The normalized spacial score (nSPS) is 16.5. The second-order valence-electron chi connectivity index (χ2n) is 5.06. The van der Waals surface area contributed by atoms with Crippen LogP contribution in [0.25, 0.3) is 6.08 Å². The number of rotatable bonds is 6. The molecule has 0 aromatic heterocycles. The Balaban J connectivity index is 2.36. The summed E-state index contributed by atoms with van der Waals surface area (Å²) in [5.74, 6) is 0. The number of nitrogens with one attached hydrogen (secondary N) is 2. The van der Waals surface area contributed by atoms with Crippen molar-refractivity contribution in [3.63, 3.8) is 0 Å². The Morgan fingerprint density at radius 1 is 1.00 bits per heavy atom. The Bertz CT molecular complexity index is 426. The lowest BCUT2D eigenvalue weighted by Crippen LogP contribution is -2.45. The molecule has 98 valence electrons. The molecule has 2 heteroatoms. The number of hydrogen-bond acceptors (Lipinski definition) is 2. The van der Waals surface area contributed by atoms with Crippen LogP contribution >= 0.6 is 0 Å². The molecule has 1 aromatic carbocycles. The molecule has 1 aliphatic carbocycles. The SMILES string of the molecule is CCNCC1(CNCC)C(C)=Cc2ccccc21. The van der Waals surface area contributed by atoms with Gasteiger partial charge in [0.25, 0.3) is 0 Å². The molecule has 0 saturated heterocycles.